The van der Waals surface area contributed by atoms with E-state index in [1.807, 2.05) is 6.08 Å². The summed E-state index contributed by atoms with van der Waals surface area (Å²) in [7, 11) is 0. The zero-order valence-electron chi connectivity index (χ0n) is 17.5. The van der Waals surface area contributed by atoms with Gasteiger partial charge in [0.15, 0.2) is 5.78 Å². The van der Waals surface area contributed by atoms with Gasteiger partial charge in [-0.2, -0.15) is 0 Å². The summed E-state index contributed by atoms with van der Waals surface area (Å²) in [5.41, 5.74) is 1.89. The number of carboxylic acid groups (broad SMARTS) is 1. The number of carbonyl (C=O) groups excluding carboxylic acids is 1. The van der Waals surface area contributed by atoms with E-state index in [9.17, 15) is 14.7 Å². The minimum absolute atomic E-state index is 0.352. The van der Waals surface area contributed by atoms with Crippen LogP contribution in [0.4, 0.5) is 0 Å². The summed E-state index contributed by atoms with van der Waals surface area (Å²) in [6, 6.07) is 0. The molecule has 4 fully saturated rings. The van der Waals surface area contributed by atoms with E-state index in [-0.39, 0.29) is 0 Å². The molecule has 5 aliphatic rings. The Morgan fingerprint density at radius 3 is 2.75 bits per heavy atom. The van der Waals surface area contributed by atoms with Crippen molar-refractivity contribution in [2.45, 2.75) is 78.1 Å². The molecule has 0 heterocycles. The van der Waals surface area contributed by atoms with E-state index in [4.69, 9.17) is 0 Å². The Morgan fingerprint density at radius 2 is 2.04 bits per heavy atom. The lowest BCUT2D eigenvalue weighted by Crippen LogP contribution is -2.52. The van der Waals surface area contributed by atoms with Crippen molar-refractivity contribution in [1.82, 2.24) is 0 Å². The minimum atomic E-state index is -0.619. The maximum absolute atomic E-state index is 12.1. The minimum Gasteiger partial charge on any atom is -0.481 e. The number of ketones is 1. The number of hydrogen-bond acceptors (Lipinski definition) is 2. The predicted molar refractivity (Wildman–Crippen MR) is 109 cm³/mol. The molecule has 0 aromatic rings. The van der Waals surface area contributed by atoms with Crippen molar-refractivity contribution in [1.29, 1.82) is 0 Å². The van der Waals surface area contributed by atoms with Crippen LogP contribution in [0.5, 0.6) is 0 Å². The van der Waals surface area contributed by atoms with Crippen molar-refractivity contribution in [3.05, 3.63) is 11.6 Å². The summed E-state index contributed by atoms with van der Waals surface area (Å²) in [6.45, 7) is 4.75. The molecule has 3 nitrogen and oxygen atoms in total. The fourth-order valence-corrected chi connectivity index (χ4v) is 9.12. The molecule has 1 N–H and O–H groups in total. The molecule has 4 saturated carbocycles. The van der Waals surface area contributed by atoms with Gasteiger partial charge in [0.2, 0.25) is 0 Å². The van der Waals surface area contributed by atoms with Crippen LogP contribution in [-0.2, 0) is 9.59 Å². The van der Waals surface area contributed by atoms with E-state index in [1.54, 1.807) is 0 Å². The molecule has 154 valence electrons. The predicted octanol–water partition coefficient (Wildman–Crippen LogP) is 5.49. The average molecular weight is 385 g/mol. The third-order valence-corrected chi connectivity index (χ3v) is 10.1. The molecular weight excluding hydrogens is 348 g/mol. The molecule has 0 bridgehead atoms. The number of hydrogen-bond donors (Lipinski definition) is 1. The van der Waals surface area contributed by atoms with E-state index < -0.39 is 5.97 Å². The maximum Gasteiger partial charge on any atom is 0.303 e. The Balaban J connectivity index is 1.49. The Labute approximate surface area is 169 Å². The van der Waals surface area contributed by atoms with Gasteiger partial charge >= 0.3 is 5.97 Å². The summed E-state index contributed by atoms with van der Waals surface area (Å²) in [6.07, 6.45) is 12.7. The van der Waals surface area contributed by atoms with Crippen LogP contribution < -0.4 is 0 Å². The maximum atomic E-state index is 12.1. The van der Waals surface area contributed by atoms with E-state index in [0.717, 1.165) is 61.2 Å². The number of carboxylic acids is 1. The highest BCUT2D eigenvalue weighted by Gasteiger charge is 2.70. The van der Waals surface area contributed by atoms with Gasteiger partial charge in [-0.05, 0) is 104 Å². The first-order valence-corrected chi connectivity index (χ1v) is 11.9. The fourth-order valence-electron chi connectivity index (χ4n) is 9.12. The molecular formula is C25H36O3. The molecule has 5 rings (SSSR count). The molecule has 0 spiro atoms. The summed E-state index contributed by atoms with van der Waals surface area (Å²) in [4.78, 5) is 23.4. The normalized spacial score (nSPS) is 48.8. The largest absolute Gasteiger partial charge is 0.481 e. The van der Waals surface area contributed by atoms with Gasteiger partial charge in [0.1, 0.15) is 0 Å². The molecule has 5 aliphatic carbocycles. The summed E-state index contributed by atoms with van der Waals surface area (Å²) < 4.78 is 0. The van der Waals surface area contributed by atoms with Gasteiger partial charge in [-0.3, -0.25) is 9.59 Å². The van der Waals surface area contributed by atoms with Gasteiger partial charge in [0.25, 0.3) is 0 Å². The topological polar surface area (TPSA) is 54.4 Å². The lowest BCUT2D eigenvalue weighted by Gasteiger charge is -2.59. The second-order valence-corrected chi connectivity index (χ2v) is 10.7. The van der Waals surface area contributed by atoms with E-state index >= 15 is 0 Å². The quantitative estimate of drug-likeness (QED) is 0.682. The monoisotopic (exact) mass is 384 g/mol. The number of allylic oxidation sites excluding steroid dienone is 1. The molecule has 9 unspecified atom stereocenters. The second-order valence-electron chi connectivity index (χ2n) is 10.7. The Morgan fingerprint density at radius 1 is 1.21 bits per heavy atom. The third-order valence-electron chi connectivity index (χ3n) is 10.1. The van der Waals surface area contributed by atoms with Gasteiger partial charge in [0.05, 0.1) is 0 Å². The highest BCUT2D eigenvalue weighted by Crippen LogP contribution is 2.76. The number of aliphatic carboxylic acids is 1. The standard InChI is InChI=1S/C25H36O3/c1-3-14-11-15-12-16(26)5-6-17(15)18-9-10-25(4-2)21(7-8-22(27)28)19-13-20(19)24(25)23(14)18/h12,14,17-21,23-24H,3-11,13H2,1-2H3,(H,27,28). The van der Waals surface area contributed by atoms with Crippen molar-refractivity contribution in [2.75, 3.05) is 0 Å². The van der Waals surface area contributed by atoms with Crippen LogP contribution in [0.15, 0.2) is 11.6 Å². The molecule has 0 aromatic heterocycles. The van der Waals surface area contributed by atoms with Crippen LogP contribution in [0.3, 0.4) is 0 Å². The van der Waals surface area contributed by atoms with Crippen molar-refractivity contribution in [3.63, 3.8) is 0 Å². The average Bonchev–Trinajstić information content (AvgIpc) is 3.41. The molecule has 28 heavy (non-hydrogen) atoms. The number of fused-ring (bicyclic) bond motifs is 7. The van der Waals surface area contributed by atoms with Crippen LogP contribution in [0.1, 0.15) is 78.1 Å². The molecule has 0 radical (unpaired) electrons. The molecule has 0 saturated heterocycles. The van der Waals surface area contributed by atoms with Crippen LogP contribution >= 0.6 is 0 Å². The van der Waals surface area contributed by atoms with Crippen molar-refractivity contribution < 1.29 is 14.7 Å². The molecule has 9 atom stereocenters. The first-order valence-electron chi connectivity index (χ1n) is 11.9. The summed E-state index contributed by atoms with van der Waals surface area (Å²) in [5, 5.41) is 9.31. The van der Waals surface area contributed by atoms with Gasteiger partial charge in [-0.25, -0.2) is 0 Å². The highest BCUT2D eigenvalue weighted by atomic mass is 16.4. The van der Waals surface area contributed by atoms with Crippen molar-refractivity contribution >= 4 is 11.8 Å². The van der Waals surface area contributed by atoms with Crippen molar-refractivity contribution in [2.24, 2.45) is 52.8 Å². The summed E-state index contributed by atoms with van der Waals surface area (Å²) >= 11 is 0. The van der Waals surface area contributed by atoms with Crippen LogP contribution in [0.2, 0.25) is 0 Å². The highest BCUT2D eigenvalue weighted by molar-refractivity contribution is 5.91. The fraction of sp³-hybridized carbons (Fsp3) is 0.840. The van der Waals surface area contributed by atoms with Crippen LogP contribution in [0.25, 0.3) is 0 Å². The smallest absolute Gasteiger partial charge is 0.303 e. The molecule has 0 aliphatic heterocycles. The second kappa shape index (κ2) is 6.71. The van der Waals surface area contributed by atoms with Gasteiger partial charge in [-0.15, -0.1) is 0 Å². The molecule has 0 aromatic carbocycles. The SMILES string of the molecule is CCC1CC2=CC(=O)CCC2C2CCC3(CC)C(CCC(=O)O)C4CC4C3C12. The summed E-state index contributed by atoms with van der Waals surface area (Å²) in [5.74, 6) is 5.88. The zero-order valence-corrected chi connectivity index (χ0v) is 17.5. The number of rotatable bonds is 5. The first-order chi connectivity index (χ1) is 13.5. The lowest BCUT2D eigenvalue weighted by molar-refractivity contribution is -0.138. The van der Waals surface area contributed by atoms with Crippen molar-refractivity contribution in [3.8, 4) is 0 Å². The first kappa shape index (κ1) is 18.9. The van der Waals surface area contributed by atoms with E-state index in [2.05, 4.69) is 13.8 Å². The van der Waals surface area contributed by atoms with Crippen LogP contribution in [-0.4, -0.2) is 16.9 Å². The molecule has 3 heteroatoms. The number of carbonyl (C=O) groups is 2. The van der Waals surface area contributed by atoms with Crippen LogP contribution in [0, 0.1) is 52.8 Å². The van der Waals surface area contributed by atoms with E-state index in [0.29, 0.717) is 29.5 Å². The Hall–Kier alpha value is -1.12. The molecule has 0 amide bonds. The third kappa shape index (κ3) is 2.60. The van der Waals surface area contributed by atoms with Gasteiger partial charge in [-0.1, -0.05) is 25.8 Å². The van der Waals surface area contributed by atoms with Gasteiger partial charge < -0.3 is 5.11 Å². The Bertz CT molecular complexity index is 709. The zero-order chi connectivity index (χ0) is 19.6. The van der Waals surface area contributed by atoms with Gasteiger partial charge in [0, 0.05) is 12.8 Å². The lowest BCUT2D eigenvalue weighted by atomic mass is 9.46. The van der Waals surface area contributed by atoms with E-state index in [1.165, 1.54) is 37.7 Å². The Kier molecular flexibility index (Phi) is 4.52.